The Morgan fingerprint density at radius 1 is 1.38 bits per heavy atom. The molecule has 0 radical (unpaired) electrons. The molecule has 0 aliphatic rings. The lowest BCUT2D eigenvalue weighted by molar-refractivity contribution is -0.275. The molecular weight excluding hydrogens is 301 g/mol. The Balaban J connectivity index is 3.43. The van der Waals surface area contributed by atoms with Gasteiger partial charge in [0.2, 0.25) is 0 Å². The monoisotopic (exact) mass is 309 g/mol. The molecule has 0 aliphatic carbocycles. The van der Waals surface area contributed by atoms with E-state index in [1.165, 1.54) is 13.0 Å². The number of alkyl halides is 5. The Morgan fingerprint density at radius 3 is 2.43 bits per heavy atom. The zero-order valence-corrected chi connectivity index (χ0v) is 10.5. The van der Waals surface area contributed by atoms with E-state index >= 15 is 0 Å². The summed E-state index contributed by atoms with van der Waals surface area (Å²) in [5, 5.41) is 8.80. The van der Waals surface area contributed by atoms with E-state index in [9.17, 15) is 26.7 Å². The summed E-state index contributed by atoms with van der Waals surface area (Å²) < 4.78 is 70.1. The van der Waals surface area contributed by atoms with Crippen LogP contribution in [0.4, 0.5) is 22.0 Å². The number of nitrogens with zero attached hydrogens (tertiary/aromatic N) is 1. The highest BCUT2D eigenvalue weighted by Gasteiger charge is 2.34. The fraction of sp³-hybridized carbons (Fsp3) is 0.333. The first kappa shape index (κ1) is 16.7. The van der Waals surface area contributed by atoms with E-state index in [0.717, 1.165) is 0 Å². The highest BCUT2D eigenvalue weighted by Crippen LogP contribution is 2.35. The predicted octanol–water partition coefficient (Wildman–Crippen LogP) is 3.57. The maximum absolute atomic E-state index is 12.7. The average Bonchev–Trinajstić information content (AvgIpc) is 2.36. The molecule has 0 amide bonds. The van der Waals surface area contributed by atoms with Gasteiger partial charge in [-0.15, -0.1) is 13.2 Å². The fourth-order valence-corrected chi connectivity index (χ4v) is 1.45. The molecular formula is C12H8F5NO3. The van der Waals surface area contributed by atoms with Gasteiger partial charge in [-0.3, -0.25) is 0 Å². The largest absolute Gasteiger partial charge is 0.573 e. The lowest BCUT2D eigenvalue weighted by Gasteiger charge is -2.15. The summed E-state index contributed by atoms with van der Waals surface area (Å²) in [7, 11) is 0. The number of carbonyl (C=O) groups is 1. The van der Waals surface area contributed by atoms with E-state index in [1.54, 1.807) is 0 Å². The average molecular weight is 309 g/mol. The molecule has 0 unspecified atom stereocenters. The first-order chi connectivity index (χ1) is 9.69. The van der Waals surface area contributed by atoms with E-state index < -0.39 is 41.2 Å². The smallest absolute Gasteiger partial charge is 0.462 e. The van der Waals surface area contributed by atoms with Crippen LogP contribution in [0, 0.1) is 11.3 Å². The van der Waals surface area contributed by atoms with E-state index in [2.05, 4.69) is 9.47 Å². The molecule has 114 valence electrons. The number of rotatable bonds is 4. The van der Waals surface area contributed by atoms with E-state index in [1.807, 2.05) is 0 Å². The van der Waals surface area contributed by atoms with Gasteiger partial charge in [0.25, 0.3) is 6.43 Å². The lowest BCUT2D eigenvalue weighted by atomic mass is 10.0. The molecule has 0 bridgehead atoms. The Hall–Kier alpha value is -2.37. The lowest BCUT2D eigenvalue weighted by Crippen LogP contribution is -2.19. The molecule has 0 atom stereocenters. The minimum atomic E-state index is -5.22. The van der Waals surface area contributed by atoms with Crippen LogP contribution in [0.2, 0.25) is 0 Å². The Labute approximate surface area is 115 Å². The minimum Gasteiger partial charge on any atom is -0.462 e. The van der Waals surface area contributed by atoms with Crippen LogP contribution in [-0.2, 0) is 4.74 Å². The van der Waals surface area contributed by atoms with Crippen molar-refractivity contribution < 1.29 is 36.2 Å². The van der Waals surface area contributed by atoms with Crippen LogP contribution >= 0.6 is 0 Å². The van der Waals surface area contributed by atoms with Crippen LogP contribution < -0.4 is 4.74 Å². The van der Waals surface area contributed by atoms with Gasteiger partial charge in [-0.05, 0) is 19.1 Å². The van der Waals surface area contributed by atoms with Crippen molar-refractivity contribution in [3.8, 4) is 11.8 Å². The molecule has 21 heavy (non-hydrogen) atoms. The van der Waals surface area contributed by atoms with Crippen molar-refractivity contribution >= 4 is 5.97 Å². The van der Waals surface area contributed by atoms with Crippen molar-refractivity contribution in [3.05, 3.63) is 28.8 Å². The topological polar surface area (TPSA) is 59.3 Å². The quantitative estimate of drug-likeness (QED) is 0.630. The van der Waals surface area contributed by atoms with Crippen molar-refractivity contribution in [2.75, 3.05) is 6.61 Å². The van der Waals surface area contributed by atoms with Crippen molar-refractivity contribution in [1.82, 2.24) is 0 Å². The number of halogens is 5. The second-order valence-electron chi connectivity index (χ2n) is 3.62. The second-order valence-corrected chi connectivity index (χ2v) is 3.62. The predicted molar refractivity (Wildman–Crippen MR) is 58.8 cm³/mol. The highest BCUT2D eigenvalue weighted by molar-refractivity contribution is 5.93. The normalized spacial score (nSPS) is 11.1. The summed E-state index contributed by atoms with van der Waals surface area (Å²) in [5.74, 6) is -2.36. The van der Waals surface area contributed by atoms with Crippen molar-refractivity contribution in [3.63, 3.8) is 0 Å². The van der Waals surface area contributed by atoms with E-state index in [4.69, 9.17) is 5.26 Å². The molecule has 0 saturated heterocycles. The molecule has 0 saturated carbocycles. The second kappa shape index (κ2) is 6.39. The third-order valence-electron chi connectivity index (χ3n) is 2.23. The molecule has 0 fully saturated rings. The maximum atomic E-state index is 12.7. The molecule has 0 N–H and O–H groups in total. The Morgan fingerprint density at radius 2 is 2.00 bits per heavy atom. The number of ether oxygens (including phenoxy) is 2. The Kier molecular flexibility index (Phi) is 5.07. The van der Waals surface area contributed by atoms with Crippen molar-refractivity contribution in [2.24, 2.45) is 0 Å². The van der Waals surface area contributed by atoms with E-state index in [0.29, 0.717) is 12.1 Å². The van der Waals surface area contributed by atoms with Gasteiger partial charge in [0.15, 0.2) is 0 Å². The van der Waals surface area contributed by atoms with Gasteiger partial charge in [-0.1, -0.05) is 0 Å². The molecule has 9 heteroatoms. The van der Waals surface area contributed by atoms with Crippen molar-refractivity contribution in [1.29, 1.82) is 5.26 Å². The van der Waals surface area contributed by atoms with Crippen LogP contribution in [0.1, 0.15) is 34.8 Å². The SMILES string of the molecule is CCOC(=O)c1cc(OC(F)(F)F)c(C(F)F)cc1C#N. The summed E-state index contributed by atoms with van der Waals surface area (Å²) in [4.78, 5) is 11.5. The molecule has 1 aromatic carbocycles. The zero-order valence-electron chi connectivity index (χ0n) is 10.5. The minimum absolute atomic E-state index is 0.101. The molecule has 0 aromatic heterocycles. The molecule has 1 rings (SSSR count). The molecule has 0 heterocycles. The molecule has 0 aliphatic heterocycles. The number of nitriles is 1. The summed E-state index contributed by atoms with van der Waals surface area (Å²) in [5.41, 5.74) is -2.25. The number of carbonyl (C=O) groups excluding carboxylic acids is 1. The highest BCUT2D eigenvalue weighted by atomic mass is 19.4. The first-order valence-corrected chi connectivity index (χ1v) is 5.48. The van der Waals surface area contributed by atoms with Crippen LogP contribution in [0.5, 0.6) is 5.75 Å². The maximum Gasteiger partial charge on any atom is 0.573 e. The molecule has 0 spiro atoms. The van der Waals surface area contributed by atoms with Gasteiger partial charge in [0.1, 0.15) is 11.8 Å². The summed E-state index contributed by atoms with van der Waals surface area (Å²) in [6, 6.07) is 2.34. The third-order valence-corrected chi connectivity index (χ3v) is 2.23. The number of benzene rings is 1. The number of hydrogen-bond donors (Lipinski definition) is 0. The van der Waals surface area contributed by atoms with Gasteiger partial charge < -0.3 is 9.47 Å². The number of esters is 1. The summed E-state index contributed by atoms with van der Waals surface area (Å²) >= 11 is 0. The Bertz CT molecular complexity index is 577. The third kappa shape index (κ3) is 4.30. The fourth-order valence-electron chi connectivity index (χ4n) is 1.45. The van der Waals surface area contributed by atoms with Gasteiger partial charge in [0.05, 0.1) is 23.3 Å². The number of hydrogen-bond acceptors (Lipinski definition) is 4. The van der Waals surface area contributed by atoms with Crippen LogP contribution in [0.15, 0.2) is 12.1 Å². The van der Waals surface area contributed by atoms with E-state index in [-0.39, 0.29) is 6.61 Å². The standard InChI is InChI=1S/C12H8F5NO3/c1-2-20-11(19)7-4-9(21-12(15,16)17)8(10(13)14)3-6(7)5-18/h3-4,10H,2H2,1H3. The summed E-state index contributed by atoms with van der Waals surface area (Å²) in [6.07, 6.45) is -8.53. The van der Waals surface area contributed by atoms with Gasteiger partial charge in [-0.25, -0.2) is 13.6 Å². The molecule has 1 aromatic rings. The van der Waals surface area contributed by atoms with Gasteiger partial charge in [-0.2, -0.15) is 5.26 Å². The molecule has 4 nitrogen and oxygen atoms in total. The van der Waals surface area contributed by atoms with Crippen LogP contribution in [0.25, 0.3) is 0 Å². The summed E-state index contributed by atoms with van der Waals surface area (Å²) in [6.45, 7) is 1.33. The van der Waals surface area contributed by atoms with Crippen molar-refractivity contribution in [2.45, 2.75) is 19.7 Å². The first-order valence-electron chi connectivity index (χ1n) is 5.48. The van der Waals surface area contributed by atoms with Gasteiger partial charge >= 0.3 is 12.3 Å². The van der Waals surface area contributed by atoms with Crippen LogP contribution in [0.3, 0.4) is 0 Å². The van der Waals surface area contributed by atoms with Crippen LogP contribution in [-0.4, -0.2) is 18.9 Å². The zero-order chi connectivity index (χ0) is 16.2. The van der Waals surface area contributed by atoms with Gasteiger partial charge in [0, 0.05) is 0 Å².